The molecular weight excluding hydrogens is 393 g/mol. The topological polar surface area (TPSA) is 127 Å². The van der Waals surface area contributed by atoms with Crippen LogP contribution in [0.3, 0.4) is 0 Å². The lowest BCUT2D eigenvalue weighted by Crippen LogP contribution is -2.08. The van der Waals surface area contributed by atoms with Crippen LogP contribution in [0.25, 0.3) is 22.0 Å². The molecule has 11 heteroatoms. The van der Waals surface area contributed by atoms with Gasteiger partial charge in [-0.15, -0.1) is 0 Å². The van der Waals surface area contributed by atoms with Gasteiger partial charge in [-0.1, -0.05) is 12.1 Å². The Balaban J connectivity index is 2.13. The Kier molecular flexibility index (Phi) is 6.12. The van der Waals surface area contributed by atoms with Crippen molar-refractivity contribution in [2.45, 2.75) is 13.3 Å². The van der Waals surface area contributed by atoms with E-state index in [9.17, 15) is 25.0 Å². The molecule has 0 saturated heterocycles. The highest BCUT2D eigenvalue weighted by atomic mass is 16.6. The molecule has 10 nitrogen and oxygen atoms in total. The van der Waals surface area contributed by atoms with Crippen molar-refractivity contribution in [1.29, 1.82) is 0 Å². The van der Waals surface area contributed by atoms with Crippen molar-refractivity contribution in [2.75, 3.05) is 13.7 Å². The summed E-state index contributed by atoms with van der Waals surface area (Å²) in [5.74, 6) is -0.368. The third kappa shape index (κ3) is 4.30. The average molecular weight is 410 g/mol. The van der Waals surface area contributed by atoms with Crippen molar-refractivity contribution >= 4 is 35.9 Å². The summed E-state index contributed by atoms with van der Waals surface area (Å²) in [6, 6.07) is 8.64. The first-order chi connectivity index (χ1) is 14.3. The molecule has 3 rings (SSSR count). The van der Waals surface area contributed by atoms with Gasteiger partial charge in [0.1, 0.15) is 0 Å². The first kappa shape index (κ1) is 21.0. The minimum absolute atomic E-state index is 0.0660. The number of esters is 1. The van der Waals surface area contributed by atoms with E-state index in [1.54, 1.807) is 35.8 Å². The fourth-order valence-electron chi connectivity index (χ4n) is 3.19. The number of ether oxygens (including phenoxy) is 1. The van der Waals surface area contributed by atoms with Crippen molar-refractivity contribution in [3.8, 4) is 11.1 Å². The molecule has 1 radical (unpaired) electrons. The second-order valence-electron chi connectivity index (χ2n) is 6.37. The summed E-state index contributed by atoms with van der Waals surface area (Å²) >= 11 is 0. The van der Waals surface area contributed by atoms with Crippen LogP contribution in [0, 0.1) is 20.2 Å². The predicted molar refractivity (Wildman–Crippen MR) is 109 cm³/mol. The largest absolute Gasteiger partial charge is 0.466 e. The summed E-state index contributed by atoms with van der Waals surface area (Å²) in [7, 11) is 2.92. The zero-order valence-corrected chi connectivity index (χ0v) is 16.2. The van der Waals surface area contributed by atoms with Gasteiger partial charge in [-0.05, 0) is 35.9 Å². The highest BCUT2D eigenvalue weighted by molar-refractivity contribution is 6.28. The Morgan fingerprint density at radius 1 is 1.07 bits per heavy atom. The molecule has 0 aliphatic carbocycles. The second kappa shape index (κ2) is 8.74. The summed E-state index contributed by atoms with van der Waals surface area (Å²) in [6.07, 6.45) is 1.79. The van der Waals surface area contributed by atoms with Crippen LogP contribution in [0.5, 0.6) is 0 Å². The Morgan fingerprint density at radius 2 is 1.73 bits per heavy atom. The highest BCUT2D eigenvalue weighted by Crippen LogP contribution is 2.32. The number of hydrogen-bond acceptors (Lipinski definition) is 7. The molecule has 0 amide bonds. The minimum atomic E-state index is -0.673. The van der Waals surface area contributed by atoms with Crippen LogP contribution in [-0.2, 0) is 20.6 Å². The normalized spacial score (nSPS) is 10.7. The average Bonchev–Trinajstić information content (AvgIpc) is 3.04. The summed E-state index contributed by atoms with van der Waals surface area (Å²) in [5.41, 5.74) is 1.51. The lowest BCUT2D eigenvalue weighted by atomic mass is 10.0. The van der Waals surface area contributed by atoms with E-state index in [-0.39, 0.29) is 30.4 Å². The molecule has 1 aromatic heterocycles. The molecule has 0 N–H and O–H groups in total. The Bertz CT molecular complexity index is 1110. The molecule has 0 aliphatic heterocycles. The summed E-state index contributed by atoms with van der Waals surface area (Å²) in [5, 5.41) is 23.1. The maximum atomic E-state index is 11.9. The van der Waals surface area contributed by atoms with Crippen molar-refractivity contribution in [2.24, 2.45) is 0 Å². The van der Waals surface area contributed by atoms with Gasteiger partial charge >= 0.3 is 13.6 Å². The van der Waals surface area contributed by atoms with Crippen LogP contribution in [0.2, 0.25) is 0 Å². The fourth-order valence-corrected chi connectivity index (χ4v) is 3.19. The third-order valence-electron chi connectivity index (χ3n) is 4.43. The van der Waals surface area contributed by atoms with Gasteiger partial charge in [-0.2, -0.15) is 0 Å². The number of nitro groups is 2. The molecule has 0 spiro atoms. The molecular formula is C19H17BN3O7. The summed E-state index contributed by atoms with van der Waals surface area (Å²) in [4.78, 5) is 32.9. The van der Waals surface area contributed by atoms with Crippen molar-refractivity contribution in [3.63, 3.8) is 0 Å². The van der Waals surface area contributed by atoms with Gasteiger partial charge < -0.3 is 13.9 Å². The molecule has 1 heterocycles. The number of rotatable bonds is 8. The Labute approximate surface area is 171 Å². The van der Waals surface area contributed by atoms with E-state index in [1.165, 1.54) is 26.9 Å². The molecule has 0 aliphatic rings. The standard InChI is InChI=1S/C19H17BN3O7/c1-3-30-19(24)9-14-11-21(20-29-2)18-8-12(4-5-17(14)18)13-6-15(22(25)26)10-16(7-13)23(27)28/h4-8,10-11H,3,9H2,1-2H3. The Morgan fingerprint density at radius 3 is 2.30 bits per heavy atom. The zero-order chi connectivity index (χ0) is 21.8. The highest BCUT2D eigenvalue weighted by Gasteiger charge is 2.19. The smallest absolute Gasteiger partial charge is 0.443 e. The number of nitrogens with zero attached hydrogens (tertiary/aromatic N) is 3. The van der Waals surface area contributed by atoms with Crippen LogP contribution in [0.1, 0.15) is 12.5 Å². The second-order valence-corrected chi connectivity index (χ2v) is 6.37. The number of carbonyl (C=O) groups excluding carboxylic acids is 1. The van der Waals surface area contributed by atoms with Gasteiger partial charge in [0.25, 0.3) is 11.4 Å². The van der Waals surface area contributed by atoms with Crippen LogP contribution in [-0.4, -0.2) is 41.6 Å². The number of carbonyl (C=O) groups is 1. The Hall–Kier alpha value is -3.73. The van der Waals surface area contributed by atoms with Gasteiger partial charge in [-0.25, -0.2) is 0 Å². The van der Waals surface area contributed by atoms with E-state index < -0.39 is 9.85 Å². The monoisotopic (exact) mass is 410 g/mol. The van der Waals surface area contributed by atoms with Crippen molar-refractivity contribution < 1.29 is 24.0 Å². The molecule has 0 bridgehead atoms. The minimum Gasteiger partial charge on any atom is -0.466 e. The van der Waals surface area contributed by atoms with Crippen molar-refractivity contribution in [1.82, 2.24) is 4.48 Å². The fraction of sp³-hybridized carbons (Fsp3) is 0.211. The van der Waals surface area contributed by atoms with Gasteiger partial charge in [0.2, 0.25) is 0 Å². The number of benzene rings is 2. The van der Waals surface area contributed by atoms with Crippen molar-refractivity contribution in [3.05, 3.63) is 68.4 Å². The van der Waals surface area contributed by atoms with E-state index in [2.05, 4.69) is 0 Å². The first-order valence-electron chi connectivity index (χ1n) is 8.93. The molecule has 0 saturated carbocycles. The van der Waals surface area contributed by atoms with Crippen LogP contribution < -0.4 is 0 Å². The zero-order valence-electron chi connectivity index (χ0n) is 16.2. The van der Waals surface area contributed by atoms with E-state index in [0.717, 1.165) is 11.5 Å². The first-order valence-corrected chi connectivity index (χ1v) is 8.93. The van der Waals surface area contributed by atoms with Gasteiger partial charge in [0.15, 0.2) is 0 Å². The third-order valence-corrected chi connectivity index (χ3v) is 4.43. The summed E-state index contributed by atoms with van der Waals surface area (Å²) in [6.45, 7) is 2.00. The summed E-state index contributed by atoms with van der Waals surface area (Å²) < 4.78 is 11.8. The molecule has 30 heavy (non-hydrogen) atoms. The van der Waals surface area contributed by atoms with Crippen LogP contribution in [0.15, 0.2) is 42.6 Å². The maximum absolute atomic E-state index is 11.9. The van der Waals surface area contributed by atoms with E-state index >= 15 is 0 Å². The van der Waals surface area contributed by atoms with Gasteiger partial charge in [0.05, 0.1) is 28.9 Å². The molecule has 2 aromatic carbocycles. The number of aromatic nitrogens is 1. The molecule has 3 aromatic rings. The van der Waals surface area contributed by atoms with E-state index in [0.29, 0.717) is 22.2 Å². The quantitative estimate of drug-likeness (QED) is 0.241. The van der Waals surface area contributed by atoms with Gasteiger partial charge in [-0.3, -0.25) is 25.0 Å². The number of nitro benzene ring substituents is 2. The van der Waals surface area contributed by atoms with Gasteiger partial charge in [0, 0.05) is 30.1 Å². The molecule has 153 valence electrons. The molecule has 0 unspecified atom stereocenters. The molecule has 0 atom stereocenters. The van der Waals surface area contributed by atoms with Crippen LogP contribution in [0.4, 0.5) is 11.4 Å². The SMILES string of the molecule is CCOC(=O)Cc1cn([B]OC)c2cc(-c3cc([N+](=O)[O-])cc([N+](=O)[O-])c3)ccc12. The van der Waals surface area contributed by atoms with E-state index in [4.69, 9.17) is 9.39 Å². The lowest BCUT2D eigenvalue weighted by Gasteiger charge is -2.06. The number of fused-ring (bicyclic) bond motifs is 1. The van der Waals surface area contributed by atoms with E-state index in [1.807, 2.05) is 0 Å². The molecule has 0 fully saturated rings. The lowest BCUT2D eigenvalue weighted by molar-refractivity contribution is -0.394. The maximum Gasteiger partial charge on any atom is 0.443 e. The van der Waals surface area contributed by atoms with Crippen LogP contribution >= 0.6 is 0 Å². The number of hydrogen-bond donors (Lipinski definition) is 0. The number of non-ortho nitro benzene ring substituents is 2. The predicted octanol–water partition coefficient (Wildman–Crippen LogP) is 3.26.